The van der Waals surface area contributed by atoms with Gasteiger partial charge in [-0.2, -0.15) is 0 Å². The lowest BCUT2D eigenvalue weighted by molar-refractivity contribution is 0.0919. The molecule has 1 aliphatic rings. The van der Waals surface area contributed by atoms with Gasteiger partial charge in [-0.25, -0.2) is 0 Å². The minimum atomic E-state index is -0.195. The number of para-hydroxylation sites is 1. The van der Waals surface area contributed by atoms with Crippen molar-refractivity contribution in [2.75, 3.05) is 6.61 Å². The molecule has 1 atom stereocenters. The summed E-state index contributed by atoms with van der Waals surface area (Å²) in [6, 6.07) is 7.64. The summed E-state index contributed by atoms with van der Waals surface area (Å²) < 4.78 is 5.62. The second-order valence-corrected chi connectivity index (χ2v) is 5.88. The number of rotatable bonds is 3. The number of hydrogen-bond donors (Lipinski definition) is 2. The van der Waals surface area contributed by atoms with Crippen LogP contribution in [0, 0.1) is 13.8 Å². The summed E-state index contributed by atoms with van der Waals surface area (Å²) in [6.45, 7) is 5.69. The zero-order valence-corrected chi connectivity index (χ0v) is 13.5. The predicted octanol–water partition coefficient (Wildman–Crippen LogP) is 3.09. The van der Waals surface area contributed by atoms with Gasteiger partial charge in [-0.05, 0) is 32.4 Å². The van der Waals surface area contributed by atoms with E-state index in [-0.39, 0.29) is 17.7 Å². The number of aromatic nitrogens is 1. The number of ether oxygens (including phenoxy) is 1. The van der Waals surface area contributed by atoms with Crippen LogP contribution in [0.15, 0.2) is 24.3 Å². The Labute approximate surface area is 135 Å². The summed E-state index contributed by atoms with van der Waals surface area (Å²) in [7, 11) is 0. The van der Waals surface area contributed by atoms with Gasteiger partial charge in [0.25, 0.3) is 5.91 Å². The maximum absolute atomic E-state index is 12.6. The van der Waals surface area contributed by atoms with Gasteiger partial charge >= 0.3 is 0 Å². The molecule has 0 fully saturated rings. The van der Waals surface area contributed by atoms with Crippen LogP contribution in [0.3, 0.4) is 0 Å². The number of fused-ring (bicyclic) bond motifs is 1. The lowest BCUT2D eigenvalue weighted by atomic mass is 10.00. The first-order valence-electron chi connectivity index (χ1n) is 7.71. The Balaban J connectivity index is 1.87. The molecule has 2 heterocycles. The van der Waals surface area contributed by atoms with Gasteiger partial charge in [-0.15, -0.1) is 0 Å². The summed E-state index contributed by atoms with van der Waals surface area (Å²) >= 11 is 0. The van der Waals surface area contributed by atoms with Crippen LogP contribution in [0.5, 0.6) is 5.75 Å². The number of aryl methyl sites for hydroxylation is 1. The standard InChI is InChI=1S/C18H20N2O3/c1-10-16(12(3)21)11(2)19-17(10)18(22)20-14-8-9-23-15-7-5-4-6-13(14)15/h4-7,14,19H,8-9H2,1-3H3,(H,20,22). The third kappa shape index (κ3) is 2.74. The van der Waals surface area contributed by atoms with Crippen molar-refractivity contribution in [2.45, 2.75) is 33.2 Å². The molecule has 0 spiro atoms. The highest BCUT2D eigenvalue weighted by Crippen LogP contribution is 2.32. The van der Waals surface area contributed by atoms with Crippen molar-refractivity contribution in [1.82, 2.24) is 10.3 Å². The highest BCUT2D eigenvalue weighted by atomic mass is 16.5. The Morgan fingerprint density at radius 3 is 2.70 bits per heavy atom. The van der Waals surface area contributed by atoms with Crippen LogP contribution < -0.4 is 10.1 Å². The van der Waals surface area contributed by atoms with Gasteiger partial charge in [0.1, 0.15) is 11.4 Å². The Bertz CT molecular complexity index is 777. The minimum Gasteiger partial charge on any atom is -0.493 e. The van der Waals surface area contributed by atoms with E-state index >= 15 is 0 Å². The number of nitrogens with one attached hydrogen (secondary N) is 2. The number of H-pyrrole nitrogens is 1. The van der Waals surface area contributed by atoms with Crippen molar-refractivity contribution in [3.63, 3.8) is 0 Å². The van der Waals surface area contributed by atoms with Crippen molar-refractivity contribution in [3.05, 3.63) is 52.3 Å². The molecular formula is C18H20N2O3. The van der Waals surface area contributed by atoms with E-state index in [1.54, 1.807) is 6.92 Å². The number of hydrogen-bond acceptors (Lipinski definition) is 3. The number of amides is 1. The maximum atomic E-state index is 12.6. The van der Waals surface area contributed by atoms with Gasteiger partial charge in [0.2, 0.25) is 0 Å². The molecule has 1 amide bonds. The van der Waals surface area contributed by atoms with Crippen molar-refractivity contribution >= 4 is 11.7 Å². The average molecular weight is 312 g/mol. The number of ketones is 1. The van der Waals surface area contributed by atoms with Crippen LogP contribution in [0.4, 0.5) is 0 Å². The first kappa shape index (κ1) is 15.3. The molecule has 1 aromatic heterocycles. The van der Waals surface area contributed by atoms with Gasteiger partial charge in [-0.1, -0.05) is 18.2 Å². The zero-order valence-electron chi connectivity index (χ0n) is 13.5. The topological polar surface area (TPSA) is 71.2 Å². The van der Waals surface area contributed by atoms with E-state index < -0.39 is 0 Å². The molecule has 0 saturated heterocycles. The van der Waals surface area contributed by atoms with Gasteiger partial charge in [0, 0.05) is 23.2 Å². The molecule has 3 rings (SSSR count). The fraction of sp³-hybridized carbons (Fsp3) is 0.333. The molecular weight excluding hydrogens is 292 g/mol. The molecule has 120 valence electrons. The Kier molecular flexibility index (Phi) is 3.94. The third-order valence-electron chi connectivity index (χ3n) is 4.28. The summed E-state index contributed by atoms with van der Waals surface area (Å²) in [5.41, 5.74) is 3.47. The lowest BCUT2D eigenvalue weighted by Crippen LogP contribution is -2.32. The second kappa shape index (κ2) is 5.91. The molecule has 0 saturated carbocycles. The van der Waals surface area contributed by atoms with Gasteiger partial charge in [-0.3, -0.25) is 9.59 Å². The van der Waals surface area contributed by atoms with Crippen LogP contribution in [-0.4, -0.2) is 23.3 Å². The molecule has 1 aliphatic heterocycles. The maximum Gasteiger partial charge on any atom is 0.268 e. The first-order valence-corrected chi connectivity index (χ1v) is 7.71. The van der Waals surface area contributed by atoms with Crippen molar-refractivity contribution in [2.24, 2.45) is 0 Å². The van der Waals surface area contributed by atoms with Gasteiger partial charge < -0.3 is 15.0 Å². The van der Waals surface area contributed by atoms with Crippen LogP contribution in [0.2, 0.25) is 0 Å². The molecule has 0 radical (unpaired) electrons. The van der Waals surface area contributed by atoms with Crippen LogP contribution in [-0.2, 0) is 0 Å². The number of carbonyl (C=O) groups is 2. The van der Waals surface area contributed by atoms with Gasteiger partial charge in [0.05, 0.1) is 12.6 Å². The third-order valence-corrected chi connectivity index (χ3v) is 4.28. The molecule has 1 unspecified atom stereocenters. The molecule has 23 heavy (non-hydrogen) atoms. The van der Waals surface area contributed by atoms with E-state index in [0.717, 1.165) is 23.4 Å². The SMILES string of the molecule is CC(=O)c1c(C)[nH]c(C(=O)NC2CCOc3ccccc32)c1C. The number of aromatic amines is 1. The Morgan fingerprint density at radius 2 is 2.00 bits per heavy atom. The summed E-state index contributed by atoms with van der Waals surface area (Å²) in [4.78, 5) is 27.4. The van der Waals surface area contributed by atoms with Crippen molar-refractivity contribution < 1.29 is 14.3 Å². The molecule has 2 N–H and O–H groups in total. The molecule has 1 aromatic carbocycles. The first-order chi connectivity index (χ1) is 11.0. The number of benzene rings is 1. The molecule has 5 heteroatoms. The number of carbonyl (C=O) groups excluding carboxylic acids is 2. The van der Waals surface area contributed by atoms with E-state index in [1.165, 1.54) is 6.92 Å². The van der Waals surface area contributed by atoms with Crippen molar-refractivity contribution in [3.8, 4) is 5.75 Å². The van der Waals surface area contributed by atoms with E-state index in [2.05, 4.69) is 10.3 Å². The predicted molar refractivity (Wildman–Crippen MR) is 87.0 cm³/mol. The largest absolute Gasteiger partial charge is 0.493 e. The molecule has 5 nitrogen and oxygen atoms in total. The average Bonchev–Trinajstić information content (AvgIpc) is 2.82. The van der Waals surface area contributed by atoms with Gasteiger partial charge in [0.15, 0.2) is 5.78 Å². The monoisotopic (exact) mass is 312 g/mol. The summed E-state index contributed by atoms with van der Waals surface area (Å²) in [5, 5.41) is 3.05. The summed E-state index contributed by atoms with van der Waals surface area (Å²) in [6.07, 6.45) is 0.723. The van der Waals surface area contributed by atoms with E-state index in [9.17, 15) is 9.59 Å². The zero-order chi connectivity index (χ0) is 16.6. The quantitative estimate of drug-likeness (QED) is 0.856. The van der Waals surface area contributed by atoms with E-state index in [4.69, 9.17) is 4.74 Å². The fourth-order valence-corrected chi connectivity index (χ4v) is 3.23. The molecule has 0 bridgehead atoms. The Morgan fingerprint density at radius 1 is 1.26 bits per heavy atom. The lowest BCUT2D eigenvalue weighted by Gasteiger charge is -2.26. The summed E-state index contributed by atoms with van der Waals surface area (Å²) in [5.74, 6) is 0.583. The number of Topliss-reactive ketones (excluding diaryl/α,β-unsaturated/α-hetero) is 1. The highest BCUT2D eigenvalue weighted by molar-refractivity contribution is 6.02. The highest BCUT2D eigenvalue weighted by Gasteiger charge is 2.25. The molecule has 2 aromatic rings. The van der Waals surface area contributed by atoms with Crippen molar-refractivity contribution in [1.29, 1.82) is 0 Å². The van der Waals surface area contributed by atoms with Crippen LogP contribution in [0.25, 0.3) is 0 Å². The smallest absolute Gasteiger partial charge is 0.268 e. The minimum absolute atomic E-state index is 0.0355. The van der Waals surface area contributed by atoms with Crippen LogP contribution in [0.1, 0.15) is 57.1 Å². The second-order valence-electron chi connectivity index (χ2n) is 5.88. The normalized spacial score (nSPS) is 16.4. The van der Waals surface area contributed by atoms with E-state index in [0.29, 0.717) is 23.4 Å². The van der Waals surface area contributed by atoms with Crippen LogP contribution >= 0.6 is 0 Å². The Hall–Kier alpha value is -2.56. The molecule has 0 aliphatic carbocycles. The fourth-order valence-electron chi connectivity index (χ4n) is 3.23. The van der Waals surface area contributed by atoms with E-state index in [1.807, 2.05) is 31.2 Å².